The van der Waals surface area contributed by atoms with Gasteiger partial charge in [-0.05, 0) is 44.2 Å². The maximum Gasteiger partial charge on any atom is 0.320 e. The number of phenolic OH excluding ortho intramolecular Hbond substituents is 1. The van der Waals surface area contributed by atoms with Gasteiger partial charge in [0.15, 0.2) is 11.4 Å². The van der Waals surface area contributed by atoms with Crippen LogP contribution in [0.4, 0.5) is 5.69 Å². The van der Waals surface area contributed by atoms with Crippen LogP contribution in [-0.4, -0.2) is 76.2 Å². The van der Waals surface area contributed by atoms with Gasteiger partial charge in [0.1, 0.15) is 22.8 Å². The molecule has 12 heteroatoms. The van der Waals surface area contributed by atoms with Gasteiger partial charge in [0, 0.05) is 49.8 Å². The van der Waals surface area contributed by atoms with E-state index in [2.05, 4.69) is 5.32 Å². The molecule has 3 unspecified atom stereocenters. The highest BCUT2D eigenvalue weighted by Crippen LogP contribution is 2.53. The second-order valence-electron chi connectivity index (χ2n) is 10.7. The number of aliphatic hydroxyl groups is 3. The Morgan fingerprint density at radius 3 is 2.46 bits per heavy atom. The van der Waals surface area contributed by atoms with Crippen molar-refractivity contribution >= 4 is 34.9 Å². The van der Waals surface area contributed by atoms with Crippen LogP contribution in [0.15, 0.2) is 23.0 Å². The molecule has 1 aromatic rings. The summed E-state index contributed by atoms with van der Waals surface area (Å²) in [6.45, 7) is 3.36. The normalized spacial score (nSPS) is 24.4. The molecule has 1 saturated carbocycles. The Hall–Kier alpha value is -3.90. The zero-order valence-corrected chi connectivity index (χ0v) is 22.2. The first-order valence-corrected chi connectivity index (χ1v) is 12.6. The molecule has 0 heterocycles. The lowest BCUT2D eigenvalue weighted by Crippen LogP contribution is -2.58. The highest BCUT2D eigenvalue weighted by Gasteiger charge is 2.60. The fourth-order valence-corrected chi connectivity index (χ4v) is 5.86. The monoisotopic (exact) mass is 543 g/mol. The third-order valence-electron chi connectivity index (χ3n) is 7.55. The molecule has 39 heavy (non-hydrogen) atoms. The van der Waals surface area contributed by atoms with E-state index >= 15 is 0 Å². The first kappa shape index (κ1) is 28.1. The highest BCUT2D eigenvalue weighted by atomic mass is 16.5. The molecule has 0 saturated heterocycles. The number of Topliss-reactive ketones (excluding diaryl/α,β-unsaturated/α-hetero) is 2. The topological polar surface area (TPSA) is 200 Å². The number of hydrogen-bond donors (Lipinski definition) is 6. The van der Waals surface area contributed by atoms with Crippen LogP contribution in [0.25, 0.3) is 5.76 Å². The number of ketones is 2. The molecule has 1 fully saturated rings. The van der Waals surface area contributed by atoms with E-state index in [1.54, 1.807) is 38.9 Å². The van der Waals surface area contributed by atoms with E-state index in [-0.39, 0.29) is 55.3 Å². The number of nitrogens with one attached hydrogen (secondary N) is 1. The van der Waals surface area contributed by atoms with Gasteiger partial charge in [-0.25, -0.2) is 0 Å². The average Bonchev–Trinajstić information content (AvgIpc) is 2.81. The molecule has 3 aliphatic carbocycles. The number of nitrogens with zero attached hydrogens (tertiary/aromatic N) is 1. The molecule has 0 aliphatic heterocycles. The zero-order valence-electron chi connectivity index (χ0n) is 22.2. The second kappa shape index (κ2) is 10.0. The minimum absolute atomic E-state index is 0.00473. The lowest BCUT2D eigenvalue weighted by atomic mass is 9.59. The second-order valence-corrected chi connectivity index (χ2v) is 10.7. The molecule has 4 rings (SSSR count). The predicted molar refractivity (Wildman–Crippen MR) is 139 cm³/mol. The lowest BCUT2D eigenvalue weighted by Gasteiger charge is -2.46. The quantitative estimate of drug-likeness (QED) is 0.207. The van der Waals surface area contributed by atoms with Gasteiger partial charge in [0.2, 0.25) is 5.78 Å². The zero-order chi connectivity index (χ0) is 29.0. The summed E-state index contributed by atoms with van der Waals surface area (Å²) in [5, 5.41) is 47.6. The number of rotatable bonds is 7. The van der Waals surface area contributed by atoms with Gasteiger partial charge in [-0.2, -0.15) is 0 Å². The summed E-state index contributed by atoms with van der Waals surface area (Å²) in [5.41, 5.74) is 3.11. The van der Waals surface area contributed by atoms with Crippen LogP contribution >= 0.6 is 0 Å². The molecule has 3 atom stereocenters. The summed E-state index contributed by atoms with van der Waals surface area (Å²) in [6, 6.07) is 1.71. The minimum Gasteiger partial charge on any atom is -0.508 e. The molecule has 0 spiro atoms. The number of aliphatic hydroxyl groups excluding tert-OH is 2. The van der Waals surface area contributed by atoms with Crippen molar-refractivity contribution in [2.45, 2.75) is 51.4 Å². The summed E-state index contributed by atoms with van der Waals surface area (Å²) in [6.07, 6.45) is -0.411. The number of ether oxygens (including phenoxy) is 1. The SMILES string of the molecule is CC(C)OC(=O)CNCc1cc(N(C)C)c2c(c1O)C(O)=C1C(=O)C3(O)C(O)=C(C(N)=O)C(=O)CC3CC1C2. The molecule has 0 bridgehead atoms. The van der Waals surface area contributed by atoms with E-state index < -0.39 is 58.0 Å². The van der Waals surface area contributed by atoms with Crippen LogP contribution in [0.1, 0.15) is 43.4 Å². The first-order valence-electron chi connectivity index (χ1n) is 12.6. The van der Waals surface area contributed by atoms with Gasteiger partial charge in [-0.3, -0.25) is 19.2 Å². The number of phenols is 1. The van der Waals surface area contributed by atoms with E-state index in [1.807, 2.05) is 0 Å². The van der Waals surface area contributed by atoms with Crippen molar-refractivity contribution in [1.82, 2.24) is 5.32 Å². The van der Waals surface area contributed by atoms with Crippen LogP contribution in [0.5, 0.6) is 5.75 Å². The number of carbonyl (C=O) groups excluding carboxylic acids is 4. The summed E-state index contributed by atoms with van der Waals surface area (Å²) in [5.74, 6) is -7.23. The van der Waals surface area contributed by atoms with Crippen LogP contribution in [-0.2, 0) is 36.9 Å². The molecule has 7 N–H and O–H groups in total. The number of carbonyl (C=O) groups is 4. The van der Waals surface area contributed by atoms with Crippen molar-refractivity contribution in [1.29, 1.82) is 0 Å². The number of anilines is 1. The van der Waals surface area contributed by atoms with Gasteiger partial charge in [-0.1, -0.05) is 0 Å². The van der Waals surface area contributed by atoms with E-state index in [1.165, 1.54) is 0 Å². The summed E-state index contributed by atoms with van der Waals surface area (Å²) >= 11 is 0. The molecule has 0 radical (unpaired) electrons. The van der Waals surface area contributed by atoms with Gasteiger partial charge in [0.25, 0.3) is 5.91 Å². The van der Waals surface area contributed by atoms with Gasteiger partial charge < -0.3 is 41.1 Å². The Bertz CT molecular complexity index is 1340. The first-order chi connectivity index (χ1) is 18.2. The van der Waals surface area contributed by atoms with Gasteiger partial charge in [-0.15, -0.1) is 0 Å². The predicted octanol–water partition coefficient (Wildman–Crippen LogP) is 0.531. The number of amides is 1. The highest BCUT2D eigenvalue weighted by molar-refractivity contribution is 6.22. The number of aromatic hydroxyl groups is 1. The van der Waals surface area contributed by atoms with Gasteiger partial charge >= 0.3 is 5.97 Å². The maximum absolute atomic E-state index is 13.7. The Morgan fingerprint density at radius 2 is 1.87 bits per heavy atom. The Kier molecular flexibility index (Phi) is 7.21. The Labute approximate surface area is 224 Å². The Balaban J connectivity index is 1.79. The van der Waals surface area contributed by atoms with E-state index in [4.69, 9.17) is 10.5 Å². The van der Waals surface area contributed by atoms with Crippen molar-refractivity contribution < 1.29 is 44.3 Å². The van der Waals surface area contributed by atoms with E-state index in [9.17, 15) is 39.6 Å². The van der Waals surface area contributed by atoms with Gasteiger partial charge in [0.05, 0.1) is 18.2 Å². The largest absolute Gasteiger partial charge is 0.508 e. The fourth-order valence-electron chi connectivity index (χ4n) is 5.86. The summed E-state index contributed by atoms with van der Waals surface area (Å²) in [7, 11) is 3.55. The number of benzene rings is 1. The molecule has 210 valence electrons. The molecule has 3 aliphatic rings. The number of primary amides is 1. The van der Waals surface area contributed by atoms with Crippen LogP contribution in [0, 0.1) is 11.8 Å². The third kappa shape index (κ3) is 4.53. The summed E-state index contributed by atoms with van der Waals surface area (Å²) < 4.78 is 5.09. The lowest BCUT2D eigenvalue weighted by molar-refractivity contribution is -0.148. The van der Waals surface area contributed by atoms with Crippen molar-refractivity contribution in [3.8, 4) is 5.75 Å². The maximum atomic E-state index is 13.7. The third-order valence-corrected chi connectivity index (χ3v) is 7.55. The molecular formula is C27H33N3O9. The van der Waals surface area contributed by atoms with Crippen molar-refractivity contribution in [3.05, 3.63) is 39.7 Å². The number of fused-ring (bicyclic) bond motifs is 3. The van der Waals surface area contributed by atoms with Crippen molar-refractivity contribution in [2.24, 2.45) is 17.6 Å². The number of esters is 1. The van der Waals surface area contributed by atoms with E-state index in [0.29, 0.717) is 16.8 Å². The molecule has 0 aromatic heterocycles. The Morgan fingerprint density at radius 1 is 1.21 bits per heavy atom. The van der Waals surface area contributed by atoms with Crippen LogP contribution in [0.2, 0.25) is 0 Å². The molecule has 1 aromatic carbocycles. The fraction of sp³-hybridized carbons (Fsp3) is 0.481. The molecule has 12 nitrogen and oxygen atoms in total. The standard InChI is InChI=1S/C27H33N3O9/c1-11(2)39-18(32)10-29-9-13-7-16(30(3)4)15-6-12-5-14-8-17(31)21(26(28)37)25(36)27(14,38)24(35)19(12)23(34)20(15)22(13)33/h7,11-12,14,29,33-34,36,38H,5-6,8-10H2,1-4H3,(H2,28,37). The van der Waals surface area contributed by atoms with Crippen molar-refractivity contribution in [3.63, 3.8) is 0 Å². The number of hydrogen-bond acceptors (Lipinski definition) is 11. The molecule has 1 amide bonds. The van der Waals surface area contributed by atoms with Crippen molar-refractivity contribution in [2.75, 3.05) is 25.5 Å². The van der Waals surface area contributed by atoms with Crippen LogP contribution < -0.4 is 16.0 Å². The summed E-state index contributed by atoms with van der Waals surface area (Å²) in [4.78, 5) is 51.7. The molecular weight excluding hydrogens is 510 g/mol. The van der Waals surface area contributed by atoms with E-state index in [0.717, 1.165) is 0 Å². The average molecular weight is 544 g/mol. The number of nitrogens with two attached hydrogens (primary N) is 1. The smallest absolute Gasteiger partial charge is 0.320 e. The minimum atomic E-state index is -2.62. The van der Waals surface area contributed by atoms with Crippen LogP contribution in [0.3, 0.4) is 0 Å².